The molecule has 4 aromatic heterocycles. The SMILES string of the molecule is Cc1cn(-c2ccc(-c3csc(Nc4cc(-n5cccc5)ccc4C)n3)cn2)cn1. The number of pyridine rings is 1. The van der Waals surface area contributed by atoms with Crippen LogP contribution in [0.5, 0.6) is 0 Å². The molecule has 30 heavy (non-hydrogen) atoms. The van der Waals surface area contributed by atoms with Crippen molar-refractivity contribution in [1.29, 1.82) is 0 Å². The first-order chi connectivity index (χ1) is 14.7. The highest BCUT2D eigenvalue weighted by Crippen LogP contribution is 2.29. The van der Waals surface area contributed by atoms with Crippen LogP contribution in [0.3, 0.4) is 0 Å². The van der Waals surface area contributed by atoms with Crippen molar-refractivity contribution in [3.63, 3.8) is 0 Å². The molecule has 1 N–H and O–H groups in total. The van der Waals surface area contributed by atoms with Gasteiger partial charge in [-0.05, 0) is 55.8 Å². The number of imidazole rings is 1. The van der Waals surface area contributed by atoms with E-state index < -0.39 is 0 Å². The summed E-state index contributed by atoms with van der Waals surface area (Å²) in [6.07, 6.45) is 9.65. The highest BCUT2D eigenvalue weighted by Gasteiger charge is 2.09. The molecule has 0 saturated carbocycles. The van der Waals surface area contributed by atoms with Gasteiger partial charge in [0, 0.05) is 47.1 Å². The minimum Gasteiger partial charge on any atom is -0.331 e. The lowest BCUT2D eigenvalue weighted by Gasteiger charge is -2.10. The van der Waals surface area contributed by atoms with Gasteiger partial charge in [0.2, 0.25) is 0 Å². The van der Waals surface area contributed by atoms with Crippen LogP contribution in [0.15, 0.2) is 79.0 Å². The number of benzene rings is 1. The number of hydrogen-bond donors (Lipinski definition) is 1. The van der Waals surface area contributed by atoms with Crippen molar-refractivity contribution in [2.45, 2.75) is 13.8 Å². The van der Waals surface area contributed by atoms with Gasteiger partial charge in [0.15, 0.2) is 5.13 Å². The molecule has 0 unspecified atom stereocenters. The molecule has 1 aromatic carbocycles. The fraction of sp³-hybridized carbons (Fsp3) is 0.0870. The van der Waals surface area contributed by atoms with Crippen LogP contribution in [0.25, 0.3) is 22.8 Å². The van der Waals surface area contributed by atoms with Gasteiger partial charge in [-0.1, -0.05) is 6.07 Å². The zero-order valence-corrected chi connectivity index (χ0v) is 17.5. The van der Waals surface area contributed by atoms with Crippen molar-refractivity contribution in [3.05, 3.63) is 90.2 Å². The van der Waals surface area contributed by atoms with Crippen molar-refractivity contribution in [2.75, 3.05) is 5.32 Å². The Balaban J connectivity index is 1.37. The molecule has 5 rings (SSSR count). The van der Waals surface area contributed by atoms with Gasteiger partial charge < -0.3 is 9.88 Å². The van der Waals surface area contributed by atoms with Crippen LogP contribution in [0.4, 0.5) is 10.8 Å². The lowest BCUT2D eigenvalue weighted by Crippen LogP contribution is -1.96. The molecule has 0 aliphatic heterocycles. The Morgan fingerprint density at radius 3 is 2.57 bits per heavy atom. The quantitative estimate of drug-likeness (QED) is 0.412. The fourth-order valence-corrected chi connectivity index (χ4v) is 3.96. The molecule has 0 spiro atoms. The molecule has 0 aliphatic rings. The van der Waals surface area contributed by atoms with Gasteiger partial charge in [0.05, 0.1) is 11.4 Å². The Hall–Kier alpha value is -3.71. The summed E-state index contributed by atoms with van der Waals surface area (Å²) in [6, 6.07) is 14.4. The molecule has 0 bridgehead atoms. The summed E-state index contributed by atoms with van der Waals surface area (Å²) < 4.78 is 4.00. The highest BCUT2D eigenvalue weighted by molar-refractivity contribution is 7.14. The minimum absolute atomic E-state index is 0.838. The van der Waals surface area contributed by atoms with Gasteiger partial charge in [-0.2, -0.15) is 0 Å². The Bertz CT molecular complexity index is 1280. The first-order valence-electron chi connectivity index (χ1n) is 9.60. The van der Waals surface area contributed by atoms with E-state index in [-0.39, 0.29) is 0 Å². The van der Waals surface area contributed by atoms with Crippen LogP contribution in [0.1, 0.15) is 11.3 Å². The van der Waals surface area contributed by atoms with Crippen LogP contribution in [0.2, 0.25) is 0 Å². The fourth-order valence-electron chi connectivity index (χ4n) is 3.23. The lowest BCUT2D eigenvalue weighted by atomic mass is 10.2. The zero-order chi connectivity index (χ0) is 20.5. The molecule has 0 amide bonds. The third-order valence-corrected chi connectivity index (χ3v) is 5.65. The van der Waals surface area contributed by atoms with Crippen LogP contribution >= 0.6 is 11.3 Å². The van der Waals surface area contributed by atoms with E-state index in [4.69, 9.17) is 4.98 Å². The van der Waals surface area contributed by atoms with Crippen LogP contribution in [-0.2, 0) is 0 Å². The maximum Gasteiger partial charge on any atom is 0.187 e. The van der Waals surface area contributed by atoms with Crippen molar-refractivity contribution < 1.29 is 0 Å². The van der Waals surface area contributed by atoms with E-state index in [0.29, 0.717) is 0 Å². The molecular weight excluding hydrogens is 392 g/mol. The topological polar surface area (TPSA) is 60.6 Å². The normalized spacial score (nSPS) is 11.0. The van der Waals surface area contributed by atoms with E-state index >= 15 is 0 Å². The predicted molar refractivity (Wildman–Crippen MR) is 121 cm³/mol. The number of nitrogens with one attached hydrogen (secondary N) is 1. The molecule has 5 aromatic rings. The maximum absolute atomic E-state index is 4.76. The molecule has 4 heterocycles. The number of thiazole rings is 1. The predicted octanol–water partition coefficient (Wildman–Crippen LogP) is 5.54. The number of hydrogen-bond acceptors (Lipinski definition) is 5. The van der Waals surface area contributed by atoms with Crippen molar-refractivity contribution in [3.8, 4) is 22.8 Å². The largest absolute Gasteiger partial charge is 0.331 e. The minimum atomic E-state index is 0.838. The van der Waals surface area contributed by atoms with Gasteiger partial charge >= 0.3 is 0 Å². The number of aromatic nitrogens is 5. The summed E-state index contributed by atoms with van der Waals surface area (Å²) in [6.45, 7) is 4.06. The highest BCUT2D eigenvalue weighted by atomic mass is 32.1. The standard InChI is InChI=1S/C23H20N6S/c1-16-5-7-19(28-9-3-4-10-28)11-20(16)26-23-27-21(14-30-23)18-6-8-22(24-12-18)29-13-17(2)25-15-29/h3-15H,1-2H3,(H,26,27). The van der Waals surface area contributed by atoms with E-state index in [0.717, 1.165) is 39.3 Å². The van der Waals surface area contributed by atoms with E-state index in [1.54, 1.807) is 17.7 Å². The molecule has 6 nitrogen and oxygen atoms in total. The summed E-state index contributed by atoms with van der Waals surface area (Å²) in [5.74, 6) is 0.838. The molecular formula is C23H20N6S. The molecule has 0 aliphatic carbocycles. The number of anilines is 2. The summed E-state index contributed by atoms with van der Waals surface area (Å²) in [7, 11) is 0. The molecule has 0 saturated heterocycles. The van der Waals surface area contributed by atoms with Gasteiger partial charge in [0.25, 0.3) is 0 Å². The lowest BCUT2D eigenvalue weighted by molar-refractivity contribution is 0.993. The average molecular weight is 413 g/mol. The van der Waals surface area contributed by atoms with Crippen LogP contribution in [0, 0.1) is 13.8 Å². The van der Waals surface area contributed by atoms with E-state index in [2.05, 4.69) is 45.0 Å². The number of aryl methyl sites for hydroxylation is 2. The smallest absolute Gasteiger partial charge is 0.187 e. The Kier molecular flexibility index (Phi) is 4.65. The molecule has 0 radical (unpaired) electrons. The Morgan fingerprint density at radius 1 is 0.967 bits per heavy atom. The van der Waals surface area contributed by atoms with Crippen molar-refractivity contribution in [2.24, 2.45) is 0 Å². The molecule has 0 fully saturated rings. The molecule has 0 atom stereocenters. The van der Waals surface area contributed by atoms with Crippen molar-refractivity contribution >= 4 is 22.2 Å². The van der Waals surface area contributed by atoms with Gasteiger partial charge in [0.1, 0.15) is 12.1 Å². The third-order valence-electron chi connectivity index (χ3n) is 4.89. The van der Waals surface area contributed by atoms with Crippen LogP contribution in [-0.4, -0.2) is 24.1 Å². The Morgan fingerprint density at radius 2 is 1.83 bits per heavy atom. The van der Waals surface area contributed by atoms with Gasteiger partial charge in [-0.3, -0.25) is 4.57 Å². The average Bonchev–Trinajstić information content (AvgIpc) is 3.52. The number of nitrogens with zero attached hydrogens (tertiary/aromatic N) is 5. The summed E-state index contributed by atoms with van der Waals surface area (Å²) in [5, 5.41) is 6.37. The van der Waals surface area contributed by atoms with Gasteiger partial charge in [-0.25, -0.2) is 15.0 Å². The van der Waals surface area contributed by atoms with E-state index in [1.807, 2.05) is 65.9 Å². The van der Waals surface area contributed by atoms with Crippen LogP contribution < -0.4 is 5.32 Å². The summed E-state index contributed by atoms with van der Waals surface area (Å²) in [5.41, 5.74) is 6.18. The number of rotatable bonds is 5. The van der Waals surface area contributed by atoms with E-state index in [9.17, 15) is 0 Å². The van der Waals surface area contributed by atoms with Gasteiger partial charge in [-0.15, -0.1) is 11.3 Å². The molecule has 148 valence electrons. The molecule has 7 heteroatoms. The Labute approximate surface area is 178 Å². The second-order valence-corrected chi connectivity index (χ2v) is 7.94. The first-order valence-corrected chi connectivity index (χ1v) is 10.5. The van der Waals surface area contributed by atoms with E-state index in [1.165, 1.54) is 5.56 Å². The second-order valence-electron chi connectivity index (χ2n) is 7.08. The monoisotopic (exact) mass is 412 g/mol. The second kappa shape index (κ2) is 7.61. The maximum atomic E-state index is 4.76. The summed E-state index contributed by atoms with van der Waals surface area (Å²) in [4.78, 5) is 13.6. The zero-order valence-electron chi connectivity index (χ0n) is 16.6. The first kappa shape index (κ1) is 18.3. The third kappa shape index (κ3) is 3.62. The van der Waals surface area contributed by atoms with Crippen molar-refractivity contribution in [1.82, 2.24) is 24.1 Å². The summed E-state index contributed by atoms with van der Waals surface area (Å²) >= 11 is 1.58.